The van der Waals surface area contributed by atoms with E-state index in [4.69, 9.17) is 9.84 Å². The molecule has 0 unspecified atom stereocenters. The minimum absolute atomic E-state index is 0.216. The molecule has 0 amide bonds. The quantitative estimate of drug-likeness (QED) is 0.841. The largest absolute Gasteiger partial charge is 0.486 e. The number of aromatic nitrogens is 1. The van der Waals surface area contributed by atoms with E-state index in [2.05, 4.69) is 27.6 Å². The first-order chi connectivity index (χ1) is 9.08. The Hall–Kier alpha value is -1.63. The van der Waals surface area contributed by atoms with Crippen molar-refractivity contribution in [1.82, 2.24) is 4.98 Å². The Morgan fingerprint density at radius 3 is 2.89 bits per heavy atom. The van der Waals surface area contributed by atoms with Crippen LogP contribution in [0.5, 0.6) is 5.75 Å². The highest BCUT2D eigenvalue weighted by atomic mass is 127. The van der Waals surface area contributed by atoms with Crippen molar-refractivity contribution in [2.75, 3.05) is 0 Å². The number of halogens is 1. The molecule has 1 aromatic carbocycles. The SMILES string of the molecule is Cc1cccnc1COc1cc(C(=O)O)ccc1I. The third-order valence-electron chi connectivity index (χ3n) is 2.66. The zero-order valence-corrected chi connectivity index (χ0v) is 12.4. The molecular formula is C14H12INO3. The van der Waals surface area contributed by atoms with Gasteiger partial charge in [0.15, 0.2) is 0 Å². The topological polar surface area (TPSA) is 59.4 Å². The van der Waals surface area contributed by atoms with Crippen molar-refractivity contribution in [1.29, 1.82) is 0 Å². The molecular weight excluding hydrogens is 357 g/mol. The summed E-state index contributed by atoms with van der Waals surface area (Å²) in [6.45, 7) is 2.29. The van der Waals surface area contributed by atoms with Crippen molar-refractivity contribution >= 4 is 28.6 Å². The smallest absolute Gasteiger partial charge is 0.335 e. The number of hydrogen-bond donors (Lipinski definition) is 1. The molecule has 0 spiro atoms. The lowest BCUT2D eigenvalue weighted by molar-refractivity contribution is 0.0696. The minimum atomic E-state index is -0.963. The maximum atomic E-state index is 10.9. The van der Waals surface area contributed by atoms with Crippen LogP contribution in [-0.2, 0) is 6.61 Å². The summed E-state index contributed by atoms with van der Waals surface area (Å²) in [7, 11) is 0. The van der Waals surface area contributed by atoms with Gasteiger partial charge in [0, 0.05) is 6.20 Å². The van der Waals surface area contributed by atoms with Crippen molar-refractivity contribution < 1.29 is 14.6 Å². The molecule has 0 atom stereocenters. The first-order valence-corrected chi connectivity index (χ1v) is 6.72. The molecule has 5 heteroatoms. The molecule has 98 valence electrons. The Morgan fingerprint density at radius 2 is 2.21 bits per heavy atom. The maximum Gasteiger partial charge on any atom is 0.335 e. The summed E-state index contributed by atoms with van der Waals surface area (Å²) in [4.78, 5) is 15.2. The zero-order valence-electron chi connectivity index (χ0n) is 10.3. The zero-order chi connectivity index (χ0) is 13.8. The van der Waals surface area contributed by atoms with Gasteiger partial charge in [-0.3, -0.25) is 4.98 Å². The predicted octanol–water partition coefficient (Wildman–Crippen LogP) is 3.27. The van der Waals surface area contributed by atoms with E-state index < -0.39 is 5.97 Å². The molecule has 0 aliphatic heterocycles. The Kier molecular flexibility index (Phi) is 4.36. The summed E-state index contributed by atoms with van der Waals surface area (Å²) in [6, 6.07) is 8.65. The molecule has 0 saturated heterocycles. The fraction of sp³-hybridized carbons (Fsp3) is 0.143. The highest BCUT2D eigenvalue weighted by molar-refractivity contribution is 14.1. The summed E-state index contributed by atoms with van der Waals surface area (Å²) in [6.07, 6.45) is 1.71. The van der Waals surface area contributed by atoms with E-state index in [1.165, 1.54) is 6.07 Å². The molecule has 1 aromatic heterocycles. The highest BCUT2D eigenvalue weighted by Crippen LogP contribution is 2.23. The van der Waals surface area contributed by atoms with Crippen molar-refractivity contribution in [3.05, 3.63) is 56.9 Å². The molecule has 2 rings (SSSR count). The lowest BCUT2D eigenvalue weighted by atomic mass is 10.2. The second kappa shape index (κ2) is 6.01. The van der Waals surface area contributed by atoms with Crippen LogP contribution in [0.2, 0.25) is 0 Å². The maximum absolute atomic E-state index is 10.9. The number of aryl methyl sites for hydroxylation is 1. The van der Waals surface area contributed by atoms with E-state index in [1.807, 2.05) is 19.1 Å². The van der Waals surface area contributed by atoms with E-state index in [0.717, 1.165) is 14.8 Å². The lowest BCUT2D eigenvalue weighted by Crippen LogP contribution is -2.03. The number of carboxylic acids is 1. The van der Waals surface area contributed by atoms with Gasteiger partial charge in [-0.15, -0.1) is 0 Å². The number of carboxylic acid groups (broad SMARTS) is 1. The van der Waals surface area contributed by atoms with Crippen LogP contribution in [0.1, 0.15) is 21.6 Å². The summed E-state index contributed by atoms with van der Waals surface area (Å²) >= 11 is 2.11. The normalized spacial score (nSPS) is 10.2. The molecule has 0 fully saturated rings. The van der Waals surface area contributed by atoms with Crippen molar-refractivity contribution in [3.63, 3.8) is 0 Å². The Labute approximate surface area is 124 Å². The van der Waals surface area contributed by atoms with Gasteiger partial charge < -0.3 is 9.84 Å². The molecule has 1 N–H and O–H groups in total. The minimum Gasteiger partial charge on any atom is -0.486 e. The van der Waals surface area contributed by atoms with Crippen LogP contribution in [0, 0.1) is 10.5 Å². The van der Waals surface area contributed by atoms with Crippen LogP contribution >= 0.6 is 22.6 Å². The number of carbonyl (C=O) groups is 1. The molecule has 0 aliphatic carbocycles. The van der Waals surface area contributed by atoms with Gasteiger partial charge in [0.25, 0.3) is 0 Å². The first-order valence-electron chi connectivity index (χ1n) is 5.64. The predicted molar refractivity (Wildman–Crippen MR) is 79.4 cm³/mol. The van der Waals surface area contributed by atoms with Gasteiger partial charge in [-0.25, -0.2) is 4.79 Å². The fourth-order valence-corrected chi connectivity index (χ4v) is 2.05. The summed E-state index contributed by atoms with van der Waals surface area (Å²) in [5.41, 5.74) is 2.11. The second-order valence-corrected chi connectivity index (χ2v) is 5.17. The molecule has 0 aliphatic rings. The first kappa shape index (κ1) is 13.8. The van der Waals surface area contributed by atoms with Crippen molar-refractivity contribution in [3.8, 4) is 5.75 Å². The van der Waals surface area contributed by atoms with E-state index in [0.29, 0.717) is 12.4 Å². The summed E-state index contributed by atoms with van der Waals surface area (Å²) < 4.78 is 6.53. The van der Waals surface area contributed by atoms with E-state index in [9.17, 15) is 4.79 Å². The third kappa shape index (κ3) is 3.44. The molecule has 2 aromatic rings. The van der Waals surface area contributed by atoms with Crippen LogP contribution in [0.4, 0.5) is 0 Å². The number of pyridine rings is 1. The molecule has 1 heterocycles. The summed E-state index contributed by atoms with van der Waals surface area (Å²) in [5, 5.41) is 8.96. The molecule has 4 nitrogen and oxygen atoms in total. The van der Waals surface area contributed by atoms with Crippen LogP contribution in [0.25, 0.3) is 0 Å². The molecule has 0 bridgehead atoms. The summed E-state index contributed by atoms with van der Waals surface area (Å²) in [5.74, 6) is -0.402. The van der Waals surface area contributed by atoms with E-state index >= 15 is 0 Å². The van der Waals surface area contributed by atoms with Crippen molar-refractivity contribution in [2.45, 2.75) is 13.5 Å². The van der Waals surface area contributed by atoms with Gasteiger partial charge in [-0.1, -0.05) is 6.07 Å². The molecule has 0 radical (unpaired) electrons. The van der Waals surface area contributed by atoms with Gasteiger partial charge >= 0.3 is 5.97 Å². The standard InChI is InChI=1S/C14H12INO3/c1-9-3-2-6-16-12(9)8-19-13-7-10(14(17)18)4-5-11(13)15/h2-7H,8H2,1H3,(H,17,18). The second-order valence-electron chi connectivity index (χ2n) is 4.01. The number of rotatable bonds is 4. The lowest BCUT2D eigenvalue weighted by Gasteiger charge is -2.10. The Bertz CT molecular complexity index is 613. The number of nitrogens with zero attached hydrogens (tertiary/aromatic N) is 1. The number of ether oxygens (including phenoxy) is 1. The monoisotopic (exact) mass is 369 g/mol. The third-order valence-corrected chi connectivity index (χ3v) is 3.55. The van der Waals surface area contributed by atoms with Crippen LogP contribution in [-0.4, -0.2) is 16.1 Å². The van der Waals surface area contributed by atoms with Crippen LogP contribution in [0.15, 0.2) is 36.5 Å². The van der Waals surface area contributed by atoms with Crippen LogP contribution < -0.4 is 4.74 Å². The Morgan fingerprint density at radius 1 is 1.42 bits per heavy atom. The Balaban J connectivity index is 2.17. The average molecular weight is 369 g/mol. The van der Waals surface area contributed by atoms with Crippen molar-refractivity contribution in [2.24, 2.45) is 0 Å². The average Bonchev–Trinajstić information content (AvgIpc) is 2.39. The van der Waals surface area contributed by atoms with Gasteiger partial charge in [0.2, 0.25) is 0 Å². The highest BCUT2D eigenvalue weighted by Gasteiger charge is 2.09. The van der Waals surface area contributed by atoms with Gasteiger partial charge in [-0.2, -0.15) is 0 Å². The van der Waals surface area contributed by atoms with Gasteiger partial charge in [-0.05, 0) is 59.3 Å². The number of aromatic carboxylic acids is 1. The molecule has 19 heavy (non-hydrogen) atoms. The fourth-order valence-electron chi connectivity index (χ4n) is 1.56. The van der Waals surface area contributed by atoms with Crippen LogP contribution in [0.3, 0.4) is 0 Å². The molecule has 0 saturated carbocycles. The number of hydrogen-bond acceptors (Lipinski definition) is 3. The number of benzene rings is 1. The van der Waals surface area contributed by atoms with Gasteiger partial charge in [0.05, 0.1) is 14.8 Å². The van der Waals surface area contributed by atoms with E-state index in [-0.39, 0.29) is 5.56 Å². The van der Waals surface area contributed by atoms with E-state index in [1.54, 1.807) is 18.3 Å². The van der Waals surface area contributed by atoms with Gasteiger partial charge in [0.1, 0.15) is 12.4 Å².